The van der Waals surface area contributed by atoms with Gasteiger partial charge in [-0.1, -0.05) is 0 Å². The Balaban J connectivity index is 1.37. The first-order valence-electron chi connectivity index (χ1n) is 10.1. The van der Waals surface area contributed by atoms with E-state index < -0.39 is 11.7 Å². The van der Waals surface area contributed by atoms with Gasteiger partial charge in [0.25, 0.3) is 0 Å². The summed E-state index contributed by atoms with van der Waals surface area (Å²) in [5.74, 6) is 0.455. The predicted octanol–water partition coefficient (Wildman–Crippen LogP) is 2.49. The number of nitrogens with zero attached hydrogens (tertiary/aromatic N) is 6. The number of rotatable bonds is 4. The van der Waals surface area contributed by atoms with E-state index in [1.165, 1.54) is 0 Å². The third-order valence-electron chi connectivity index (χ3n) is 6.44. The van der Waals surface area contributed by atoms with E-state index in [2.05, 4.69) is 25.5 Å². The summed E-state index contributed by atoms with van der Waals surface area (Å²) in [7, 11) is 1.82. The van der Waals surface area contributed by atoms with E-state index in [-0.39, 0.29) is 11.8 Å². The monoisotopic (exact) mass is 409 g/mol. The Kier molecular flexibility index (Phi) is 4.43. The van der Waals surface area contributed by atoms with Gasteiger partial charge in [-0.2, -0.15) is 0 Å². The van der Waals surface area contributed by atoms with Crippen molar-refractivity contribution in [3.63, 3.8) is 0 Å². The van der Waals surface area contributed by atoms with Crippen molar-refractivity contribution in [2.45, 2.75) is 50.0 Å². The van der Waals surface area contributed by atoms with Crippen molar-refractivity contribution >= 4 is 5.95 Å². The van der Waals surface area contributed by atoms with E-state index in [1.807, 2.05) is 20.0 Å². The molecule has 9 heteroatoms. The average Bonchev–Trinajstić information content (AvgIpc) is 3.40. The molecule has 1 aromatic carbocycles. The molecule has 4 heterocycles. The molecule has 0 radical (unpaired) electrons. The minimum atomic E-state index is -1.01. The minimum absolute atomic E-state index is 0.0741. The SMILES string of the molecule is CN(c1ncc(-c2ccc(-n3ccnc3)cc2O)nn1)[C@@H]1C[C@H]2CC[C@](C)(N2)[C@@H]1F. The van der Waals surface area contributed by atoms with Crippen LogP contribution in [0.4, 0.5) is 10.3 Å². The number of piperidine rings is 1. The van der Waals surface area contributed by atoms with Gasteiger partial charge in [0.1, 0.15) is 17.6 Å². The fourth-order valence-electron chi connectivity index (χ4n) is 4.68. The molecule has 3 aromatic rings. The van der Waals surface area contributed by atoms with Gasteiger partial charge in [-0.25, -0.2) is 14.4 Å². The number of phenols is 1. The molecule has 2 saturated heterocycles. The van der Waals surface area contributed by atoms with E-state index in [1.54, 1.807) is 46.5 Å². The van der Waals surface area contributed by atoms with Crippen molar-refractivity contribution in [2.75, 3.05) is 11.9 Å². The Hall–Kier alpha value is -3.07. The maximum Gasteiger partial charge on any atom is 0.245 e. The summed E-state index contributed by atoms with van der Waals surface area (Å²) in [6, 6.07) is 5.30. The van der Waals surface area contributed by atoms with Crippen LogP contribution in [0.25, 0.3) is 16.9 Å². The van der Waals surface area contributed by atoms with Gasteiger partial charge in [0.15, 0.2) is 0 Å². The Morgan fingerprint density at radius 1 is 1.33 bits per heavy atom. The maximum atomic E-state index is 15.2. The number of aromatic nitrogens is 5. The molecule has 2 N–H and O–H groups in total. The van der Waals surface area contributed by atoms with E-state index in [9.17, 15) is 5.11 Å². The number of hydrogen-bond acceptors (Lipinski definition) is 7. The van der Waals surface area contributed by atoms with Crippen molar-refractivity contribution in [1.29, 1.82) is 0 Å². The Morgan fingerprint density at radius 2 is 2.20 bits per heavy atom. The van der Waals surface area contributed by atoms with Crippen LogP contribution in [0.1, 0.15) is 26.2 Å². The predicted molar refractivity (Wildman–Crippen MR) is 110 cm³/mol. The average molecular weight is 409 g/mol. The van der Waals surface area contributed by atoms with Crippen molar-refractivity contribution in [2.24, 2.45) is 0 Å². The largest absolute Gasteiger partial charge is 0.507 e. The summed E-state index contributed by atoms with van der Waals surface area (Å²) in [6.07, 6.45) is 8.24. The lowest BCUT2D eigenvalue weighted by Crippen LogP contribution is -2.62. The van der Waals surface area contributed by atoms with Crippen LogP contribution < -0.4 is 10.2 Å². The van der Waals surface area contributed by atoms with Crippen LogP contribution in [0.2, 0.25) is 0 Å². The molecule has 2 bridgehead atoms. The van der Waals surface area contributed by atoms with Crippen LogP contribution in [0.15, 0.2) is 43.1 Å². The minimum Gasteiger partial charge on any atom is -0.507 e. The van der Waals surface area contributed by atoms with Gasteiger partial charge in [0, 0.05) is 42.7 Å². The number of anilines is 1. The number of imidazole rings is 1. The fourth-order valence-corrected chi connectivity index (χ4v) is 4.68. The smallest absolute Gasteiger partial charge is 0.245 e. The van der Waals surface area contributed by atoms with Gasteiger partial charge in [0.2, 0.25) is 5.95 Å². The molecule has 0 spiro atoms. The third kappa shape index (κ3) is 3.09. The summed E-state index contributed by atoms with van der Waals surface area (Å²) in [6.45, 7) is 1.95. The molecular formula is C21H24FN7O. The fraction of sp³-hybridized carbons (Fsp3) is 0.429. The van der Waals surface area contributed by atoms with E-state index in [0.29, 0.717) is 23.2 Å². The molecule has 5 rings (SSSR count). The first-order chi connectivity index (χ1) is 14.4. The van der Waals surface area contributed by atoms with Crippen molar-refractivity contribution in [3.8, 4) is 22.7 Å². The third-order valence-corrected chi connectivity index (χ3v) is 6.44. The van der Waals surface area contributed by atoms with Crippen molar-refractivity contribution < 1.29 is 9.50 Å². The van der Waals surface area contributed by atoms with Crippen LogP contribution in [-0.2, 0) is 0 Å². The van der Waals surface area contributed by atoms with Gasteiger partial charge in [-0.15, -0.1) is 10.2 Å². The standard InChI is InChI=1S/C21H24FN7O/c1-21-6-5-13(25-21)9-17(19(21)22)28(2)20-24-11-16(26-27-20)15-4-3-14(10-18(15)30)29-8-7-23-12-29/h3-4,7-8,10-13,17,19,25,30H,5-6,9H2,1-2H3/t13-,17-,19-,21+/m1/s1. The normalized spacial score (nSPS) is 27.9. The molecular weight excluding hydrogens is 385 g/mol. The summed E-state index contributed by atoms with van der Waals surface area (Å²) < 4.78 is 17.0. The molecule has 2 fully saturated rings. The number of halogens is 1. The van der Waals surface area contributed by atoms with Crippen LogP contribution in [0.5, 0.6) is 5.75 Å². The Morgan fingerprint density at radius 3 is 2.90 bits per heavy atom. The second kappa shape index (κ2) is 7.02. The lowest BCUT2D eigenvalue weighted by Gasteiger charge is -2.43. The molecule has 2 aliphatic heterocycles. The lowest BCUT2D eigenvalue weighted by molar-refractivity contribution is 0.111. The van der Waals surface area contributed by atoms with Crippen LogP contribution in [0, 0.1) is 0 Å². The van der Waals surface area contributed by atoms with Gasteiger partial charge >= 0.3 is 0 Å². The lowest BCUT2D eigenvalue weighted by atomic mass is 9.86. The topological polar surface area (TPSA) is 92.0 Å². The van der Waals surface area contributed by atoms with E-state index in [0.717, 1.165) is 24.9 Å². The highest BCUT2D eigenvalue weighted by Gasteiger charge is 2.51. The Bertz CT molecular complexity index is 1040. The molecule has 0 saturated carbocycles. The number of alkyl halides is 1. The molecule has 0 unspecified atom stereocenters. The van der Waals surface area contributed by atoms with E-state index >= 15 is 4.39 Å². The number of benzene rings is 1. The van der Waals surface area contributed by atoms with Gasteiger partial charge in [-0.05, 0) is 38.3 Å². The summed E-state index contributed by atoms with van der Waals surface area (Å²) in [5, 5.41) is 22.3. The zero-order valence-electron chi connectivity index (χ0n) is 16.9. The summed E-state index contributed by atoms with van der Waals surface area (Å²) in [4.78, 5) is 10.2. The zero-order chi connectivity index (χ0) is 20.9. The Labute approximate surface area is 173 Å². The number of nitrogens with one attached hydrogen (secondary N) is 1. The van der Waals surface area contributed by atoms with Crippen LogP contribution in [-0.4, -0.2) is 60.7 Å². The molecule has 2 aromatic heterocycles. The zero-order valence-corrected chi connectivity index (χ0v) is 16.9. The summed E-state index contributed by atoms with van der Waals surface area (Å²) in [5.41, 5.74) is 1.28. The van der Waals surface area contributed by atoms with Gasteiger partial charge in [-0.3, -0.25) is 0 Å². The molecule has 0 aliphatic carbocycles. The first-order valence-corrected chi connectivity index (χ1v) is 10.1. The van der Waals surface area contributed by atoms with E-state index in [4.69, 9.17) is 0 Å². The quantitative estimate of drug-likeness (QED) is 0.684. The first kappa shape index (κ1) is 18.9. The number of phenolic OH excluding ortho intramolecular Hbond substituents is 1. The molecule has 8 nitrogen and oxygen atoms in total. The number of aromatic hydroxyl groups is 1. The number of hydrogen-bond donors (Lipinski definition) is 2. The van der Waals surface area contributed by atoms with Crippen LogP contribution in [0.3, 0.4) is 0 Å². The second-order valence-corrected chi connectivity index (χ2v) is 8.43. The molecule has 156 valence electrons. The van der Waals surface area contributed by atoms with Gasteiger partial charge in [0.05, 0.1) is 24.3 Å². The molecule has 30 heavy (non-hydrogen) atoms. The number of fused-ring (bicyclic) bond motifs is 2. The van der Waals surface area contributed by atoms with Crippen molar-refractivity contribution in [3.05, 3.63) is 43.1 Å². The highest BCUT2D eigenvalue weighted by Crippen LogP contribution is 2.39. The maximum absolute atomic E-state index is 15.2. The highest BCUT2D eigenvalue weighted by atomic mass is 19.1. The molecule has 0 amide bonds. The highest BCUT2D eigenvalue weighted by molar-refractivity contribution is 5.68. The summed E-state index contributed by atoms with van der Waals surface area (Å²) >= 11 is 0. The van der Waals surface area contributed by atoms with Gasteiger partial charge < -0.3 is 19.9 Å². The van der Waals surface area contributed by atoms with Crippen LogP contribution >= 0.6 is 0 Å². The van der Waals surface area contributed by atoms with Crippen molar-refractivity contribution in [1.82, 2.24) is 30.0 Å². The molecule has 2 aliphatic rings. The second-order valence-electron chi connectivity index (χ2n) is 8.43. The molecule has 4 atom stereocenters.